The zero-order valence-corrected chi connectivity index (χ0v) is 12.2. The quantitative estimate of drug-likeness (QED) is 0.918. The average Bonchev–Trinajstić information content (AvgIpc) is 2.33. The number of nitrogens with zero attached hydrogens (tertiary/aromatic N) is 2. The summed E-state index contributed by atoms with van der Waals surface area (Å²) in [6.45, 7) is 7.64. The first-order valence-corrected chi connectivity index (χ1v) is 6.32. The van der Waals surface area contributed by atoms with Crippen LogP contribution in [-0.2, 0) is 4.74 Å². The van der Waals surface area contributed by atoms with Crippen molar-refractivity contribution in [1.29, 1.82) is 5.26 Å². The largest absolute Gasteiger partial charge is 0.444 e. The number of hydrogen-bond donors (Lipinski definition) is 1. The molecule has 1 heterocycles. The lowest BCUT2D eigenvalue weighted by Gasteiger charge is -2.19. The number of rotatable bonds is 3. The van der Waals surface area contributed by atoms with Crippen LogP contribution >= 0.6 is 0 Å². The fourth-order valence-electron chi connectivity index (χ4n) is 1.46. The van der Waals surface area contributed by atoms with Gasteiger partial charge in [-0.1, -0.05) is 12.2 Å². The maximum atomic E-state index is 11.4. The SMILES string of the molecule is Cc1cc(C=CCNC(=O)OC(C)(C)C)cnc1C#N. The topological polar surface area (TPSA) is 75.0 Å². The van der Waals surface area contributed by atoms with E-state index in [1.165, 1.54) is 0 Å². The molecule has 5 heteroatoms. The minimum absolute atomic E-state index is 0.369. The second-order valence-corrected chi connectivity index (χ2v) is 5.33. The number of aryl methyl sites for hydroxylation is 1. The number of nitriles is 1. The molecule has 1 N–H and O–H groups in total. The average molecular weight is 273 g/mol. The molecule has 0 aliphatic rings. The first-order chi connectivity index (χ1) is 9.31. The number of hydrogen-bond acceptors (Lipinski definition) is 4. The van der Waals surface area contributed by atoms with E-state index in [2.05, 4.69) is 10.3 Å². The summed E-state index contributed by atoms with van der Waals surface area (Å²) in [5.74, 6) is 0. The highest BCUT2D eigenvalue weighted by Crippen LogP contribution is 2.08. The Balaban J connectivity index is 2.48. The Bertz CT molecular complexity index is 551. The van der Waals surface area contributed by atoms with Crippen LogP contribution in [0.1, 0.15) is 37.6 Å². The van der Waals surface area contributed by atoms with Crippen LogP contribution in [0.2, 0.25) is 0 Å². The summed E-state index contributed by atoms with van der Waals surface area (Å²) in [5.41, 5.74) is 1.64. The van der Waals surface area contributed by atoms with Gasteiger partial charge in [0.25, 0.3) is 0 Å². The van der Waals surface area contributed by atoms with E-state index in [0.717, 1.165) is 11.1 Å². The molecule has 0 aliphatic heterocycles. The number of nitrogens with one attached hydrogen (secondary N) is 1. The van der Waals surface area contributed by atoms with E-state index in [1.54, 1.807) is 12.3 Å². The molecule has 1 aromatic rings. The number of amides is 1. The maximum absolute atomic E-state index is 11.4. The molecule has 0 saturated carbocycles. The van der Waals surface area contributed by atoms with Crippen molar-refractivity contribution in [2.75, 3.05) is 6.54 Å². The smallest absolute Gasteiger partial charge is 0.407 e. The van der Waals surface area contributed by atoms with Gasteiger partial charge in [0.2, 0.25) is 0 Å². The Morgan fingerprint density at radius 1 is 1.55 bits per heavy atom. The monoisotopic (exact) mass is 273 g/mol. The number of aromatic nitrogens is 1. The minimum atomic E-state index is -0.498. The van der Waals surface area contributed by atoms with E-state index < -0.39 is 11.7 Å². The van der Waals surface area contributed by atoms with E-state index in [-0.39, 0.29) is 0 Å². The zero-order valence-electron chi connectivity index (χ0n) is 12.2. The molecule has 0 bridgehead atoms. The predicted molar refractivity (Wildman–Crippen MR) is 77.0 cm³/mol. The van der Waals surface area contributed by atoms with Crippen LogP contribution in [0.15, 0.2) is 18.3 Å². The highest BCUT2D eigenvalue weighted by molar-refractivity contribution is 5.68. The van der Waals surface area contributed by atoms with Crippen LogP contribution in [-0.4, -0.2) is 23.2 Å². The summed E-state index contributed by atoms with van der Waals surface area (Å²) < 4.78 is 5.11. The number of pyridine rings is 1. The molecule has 1 aromatic heterocycles. The van der Waals surface area contributed by atoms with Crippen LogP contribution in [0, 0.1) is 18.3 Å². The van der Waals surface area contributed by atoms with Crippen molar-refractivity contribution in [3.05, 3.63) is 35.2 Å². The van der Waals surface area contributed by atoms with E-state index in [9.17, 15) is 4.79 Å². The fraction of sp³-hybridized carbons (Fsp3) is 0.400. The van der Waals surface area contributed by atoms with Crippen LogP contribution < -0.4 is 5.32 Å². The highest BCUT2D eigenvalue weighted by atomic mass is 16.6. The van der Waals surface area contributed by atoms with Crippen LogP contribution in [0.25, 0.3) is 6.08 Å². The van der Waals surface area contributed by atoms with Crippen molar-refractivity contribution in [2.24, 2.45) is 0 Å². The van der Waals surface area contributed by atoms with Gasteiger partial charge in [0.05, 0.1) is 0 Å². The van der Waals surface area contributed by atoms with Gasteiger partial charge in [-0.3, -0.25) is 0 Å². The third kappa shape index (κ3) is 5.53. The molecule has 0 unspecified atom stereocenters. The summed E-state index contributed by atoms with van der Waals surface area (Å²) in [6, 6.07) is 3.89. The van der Waals surface area contributed by atoms with E-state index >= 15 is 0 Å². The summed E-state index contributed by atoms with van der Waals surface area (Å²) >= 11 is 0. The Labute approximate surface area is 119 Å². The molecule has 0 aliphatic carbocycles. The number of carbonyl (C=O) groups is 1. The summed E-state index contributed by atoms with van der Waals surface area (Å²) in [6.07, 6.45) is 4.80. The van der Waals surface area contributed by atoms with Gasteiger partial charge >= 0.3 is 6.09 Å². The van der Waals surface area contributed by atoms with Crippen molar-refractivity contribution >= 4 is 12.2 Å². The van der Waals surface area contributed by atoms with Gasteiger partial charge < -0.3 is 10.1 Å². The molecule has 0 fully saturated rings. The fourth-order valence-corrected chi connectivity index (χ4v) is 1.46. The lowest BCUT2D eigenvalue weighted by Crippen LogP contribution is -2.32. The normalized spacial score (nSPS) is 11.2. The molecule has 5 nitrogen and oxygen atoms in total. The predicted octanol–water partition coefficient (Wildman–Crippen LogP) is 2.80. The Kier molecular flexibility index (Phi) is 5.27. The van der Waals surface area contributed by atoms with Crippen molar-refractivity contribution in [1.82, 2.24) is 10.3 Å². The Morgan fingerprint density at radius 3 is 2.80 bits per heavy atom. The summed E-state index contributed by atoms with van der Waals surface area (Å²) in [5, 5.41) is 11.4. The van der Waals surface area contributed by atoms with Gasteiger partial charge in [-0.15, -0.1) is 0 Å². The number of carbonyl (C=O) groups excluding carboxylic acids is 1. The van der Waals surface area contributed by atoms with Crippen LogP contribution in [0.4, 0.5) is 4.79 Å². The van der Waals surface area contributed by atoms with Crippen molar-refractivity contribution in [2.45, 2.75) is 33.3 Å². The Hall–Kier alpha value is -2.35. The number of ether oxygens (including phenoxy) is 1. The second-order valence-electron chi connectivity index (χ2n) is 5.33. The van der Waals surface area contributed by atoms with Gasteiger partial charge in [-0.05, 0) is 44.9 Å². The Morgan fingerprint density at radius 2 is 2.25 bits per heavy atom. The highest BCUT2D eigenvalue weighted by Gasteiger charge is 2.14. The zero-order chi connectivity index (χ0) is 15.2. The second kappa shape index (κ2) is 6.71. The maximum Gasteiger partial charge on any atom is 0.407 e. The van der Waals surface area contributed by atoms with Gasteiger partial charge in [0, 0.05) is 12.7 Å². The molecule has 0 atom stereocenters. The molecular formula is C15H19N3O2. The first-order valence-electron chi connectivity index (χ1n) is 6.32. The molecule has 0 radical (unpaired) electrons. The van der Waals surface area contributed by atoms with Crippen molar-refractivity contribution in [3.63, 3.8) is 0 Å². The lowest BCUT2D eigenvalue weighted by molar-refractivity contribution is 0.0534. The molecule has 0 spiro atoms. The molecular weight excluding hydrogens is 254 g/mol. The van der Waals surface area contributed by atoms with Crippen LogP contribution in [0.5, 0.6) is 0 Å². The molecule has 106 valence electrons. The molecule has 0 aromatic carbocycles. The van der Waals surface area contributed by atoms with Gasteiger partial charge in [0.1, 0.15) is 17.4 Å². The molecule has 20 heavy (non-hydrogen) atoms. The van der Waals surface area contributed by atoms with E-state index in [4.69, 9.17) is 10.00 Å². The van der Waals surface area contributed by atoms with Crippen molar-refractivity contribution < 1.29 is 9.53 Å². The summed E-state index contributed by atoms with van der Waals surface area (Å²) in [7, 11) is 0. The summed E-state index contributed by atoms with van der Waals surface area (Å²) in [4.78, 5) is 15.4. The third-order valence-corrected chi connectivity index (χ3v) is 2.28. The van der Waals surface area contributed by atoms with Gasteiger partial charge in [-0.2, -0.15) is 5.26 Å². The lowest BCUT2D eigenvalue weighted by atomic mass is 10.1. The first kappa shape index (κ1) is 15.7. The number of alkyl carbamates (subject to hydrolysis) is 1. The van der Waals surface area contributed by atoms with E-state index in [0.29, 0.717) is 12.2 Å². The molecule has 1 amide bonds. The third-order valence-electron chi connectivity index (χ3n) is 2.28. The van der Waals surface area contributed by atoms with Gasteiger partial charge in [0.15, 0.2) is 0 Å². The standard InChI is InChI=1S/C15H19N3O2/c1-11-8-12(10-18-13(11)9-16)6-5-7-17-14(19)20-15(2,3)4/h5-6,8,10H,7H2,1-4H3,(H,17,19). The molecule has 1 rings (SSSR count). The molecule has 0 saturated heterocycles. The van der Waals surface area contributed by atoms with Gasteiger partial charge in [-0.25, -0.2) is 9.78 Å². The van der Waals surface area contributed by atoms with E-state index in [1.807, 2.05) is 45.9 Å². The minimum Gasteiger partial charge on any atom is -0.444 e. The van der Waals surface area contributed by atoms with Crippen molar-refractivity contribution in [3.8, 4) is 6.07 Å². The van der Waals surface area contributed by atoms with Crippen LogP contribution in [0.3, 0.4) is 0 Å².